The number of fused-ring (bicyclic) bond motifs is 2. The van der Waals surface area contributed by atoms with Gasteiger partial charge in [0.15, 0.2) is 5.41 Å². The SMILES string of the molecule is CCOC(=O)CC1=C(C(=O)OCC)[C@]2(C(=O)O1)C(C(=O)OC)=C(N)Nc1ccccc12. The second kappa shape index (κ2) is 8.50. The molecule has 0 bridgehead atoms. The normalized spacial score (nSPS) is 19.5. The van der Waals surface area contributed by atoms with Crippen molar-refractivity contribution in [1.29, 1.82) is 0 Å². The fraction of sp³-hybridized carbons (Fsp3) is 0.333. The molecular formula is C21H22N2O8. The van der Waals surface area contributed by atoms with Crippen LogP contribution in [0.1, 0.15) is 25.8 Å². The molecule has 1 aromatic carbocycles. The summed E-state index contributed by atoms with van der Waals surface area (Å²) in [5.41, 5.74) is 4.00. The van der Waals surface area contributed by atoms with Gasteiger partial charge in [0.1, 0.15) is 29.1 Å². The average Bonchev–Trinajstić information content (AvgIpc) is 3.00. The van der Waals surface area contributed by atoms with Crippen molar-refractivity contribution in [1.82, 2.24) is 0 Å². The second-order valence-electron chi connectivity index (χ2n) is 6.59. The van der Waals surface area contributed by atoms with E-state index in [0.717, 1.165) is 7.11 Å². The van der Waals surface area contributed by atoms with Gasteiger partial charge < -0.3 is 30.0 Å². The van der Waals surface area contributed by atoms with Gasteiger partial charge in [-0.3, -0.25) is 4.79 Å². The van der Waals surface area contributed by atoms with Crippen LogP contribution >= 0.6 is 0 Å². The fourth-order valence-electron chi connectivity index (χ4n) is 3.79. The van der Waals surface area contributed by atoms with Crippen molar-refractivity contribution in [3.05, 3.63) is 52.6 Å². The summed E-state index contributed by atoms with van der Waals surface area (Å²) in [5.74, 6) is -4.04. The summed E-state index contributed by atoms with van der Waals surface area (Å²) in [5, 5.41) is 2.85. The lowest BCUT2D eigenvalue weighted by molar-refractivity contribution is -0.147. The van der Waals surface area contributed by atoms with E-state index < -0.39 is 35.7 Å². The third-order valence-corrected chi connectivity index (χ3v) is 4.90. The molecule has 0 aromatic heterocycles. The summed E-state index contributed by atoms with van der Waals surface area (Å²) < 4.78 is 20.4. The van der Waals surface area contributed by atoms with Gasteiger partial charge in [0.2, 0.25) is 0 Å². The first-order chi connectivity index (χ1) is 14.8. The standard InChI is InChI=1S/C21H22N2O8/c1-4-29-14(24)10-13-15(19(26)30-5-2)21(20(27)31-13)11-8-6-7-9-12(11)23-17(22)16(21)18(25)28-3/h6-9,23H,4-5,10,22H2,1-3H3/t21-/m0/s1. The summed E-state index contributed by atoms with van der Waals surface area (Å²) in [4.78, 5) is 51.4. The summed E-state index contributed by atoms with van der Waals surface area (Å²) in [6.07, 6.45) is -0.514. The Hall–Kier alpha value is -3.82. The van der Waals surface area contributed by atoms with Gasteiger partial charge in [-0.05, 0) is 19.9 Å². The Morgan fingerprint density at radius 2 is 1.74 bits per heavy atom. The lowest BCUT2D eigenvalue weighted by Crippen LogP contribution is -2.47. The van der Waals surface area contributed by atoms with E-state index in [-0.39, 0.29) is 41.5 Å². The van der Waals surface area contributed by atoms with Crippen molar-refractivity contribution in [2.45, 2.75) is 25.7 Å². The maximum Gasteiger partial charge on any atom is 0.339 e. The molecule has 1 atom stereocenters. The van der Waals surface area contributed by atoms with Crippen molar-refractivity contribution < 1.29 is 38.1 Å². The Morgan fingerprint density at radius 1 is 1.06 bits per heavy atom. The Kier molecular flexibility index (Phi) is 6.00. The first-order valence-corrected chi connectivity index (χ1v) is 9.56. The molecule has 0 amide bonds. The highest BCUT2D eigenvalue weighted by molar-refractivity contribution is 6.16. The van der Waals surface area contributed by atoms with Crippen LogP contribution in [0.2, 0.25) is 0 Å². The number of carbonyl (C=O) groups excluding carboxylic acids is 4. The van der Waals surface area contributed by atoms with E-state index in [1.165, 1.54) is 0 Å². The van der Waals surface area contributed by atoms with E-state index in [9.17, 15) is 19.2 Å². The average molecular weight is 430 g/mol. The quantitative estimate of drug-likeness (QED) is 0.496. The number of hydrogen-bond donors (Lipinski definition) is 2. The van der Waals surface area contributed by atoms with E-state index in [4.69, 9.17) is 24.7 Å². The molecule has 10 heteroatoms. The highest BCUT2D eigenvalue weighted by atomic mass is 16.6. The molecule has 1 spiro atoms. The van der Waals surface area contributed by atoms with Gasteiger partial charge in [0, 0.05) is 11.3 Å². The van der Waals surface area contributed by atoms with Crippen LogP contribution in [-0.4, -0.2) is 44.2 Å². The van der Waals surface area contributed by atoms with Crippen molar-refractivity contribution in [3.8, 4) is 0 Å². The van der Waals surface area contributed by atoms with Crippen LogP contribution < -0.4 is 11.1 Å². The summed E-state index contributed by atoms with van der Waals surface area (Å²) >= 11 is 0. The monoisotopic (exact) mass is 430 g/mol. The van der Waals surface area contributed by atoms with Crippen molar-refractivity contribution in [2.75, 3.05) is 25.6 Å². The Balaban J connectivity index is 2.37. The molecule has 2 aliphatic rings. The van der Waals surface area contributed by atoms with Gasteiger partial charge in [0.05, 0.1) is 20.3 Å². The molecular weight excluding hydrogens is 408 g/mol. The lowest BCUT2D eigenvalue weighted by atomic mass is 9.66. The molecule has 1 aromatic rings. The van der Waals surface area contributed by atoms with Crippen LogP contribution in [0.4, 0.5) is 5.69 Å². The van der Waals surface area contributed by atoms with Gasteiger partial charge in [0.25, 0.3) is 0 Å². The first kappa shape index (κ1) is 21.9. The molecule has 10 nitrogen and oxygen atoms in total. The smallest absolute Gasteiger partial charge is 0.339 e. The first-order valence-electron chi connectivity index (χ1n) is 9.56. The van der Waals surface area contributed by atoms with Gasteiger partial charge in [-0.2, -0.15) is 0 Å². The maximum atomic E-state index is 13.4. The predicted octanol–water partition coefficient (Wildman–Crippen LogP) is 1.02. The molecule has 0 fully saturated rings. The Labute approximate surface area is 178 Å². The van der Waals surface area contributed by atoms with Crippen LogP contribution in [0.25, 0.3) is 0 Å². The molecule has 0 unspecified atom stereocenters. The topological polar surface area (TPSA) is 143 Å². The van der Waals surface area contributed by atoms with Gasteiger partial charge in [-0.15, -0.1) is 0 Å². The highest BCUT2D eigenvalue weighted by Gasteiger charge is 2.63. The third kappa shape index (κ3) is 3.39. The van der Waals surface area contributed by atoms with Crippen LogP contribution in [-0.2, 0) is 43.5 Å². The number of cyclic esters (lactones) is 1. The molecule has 0 saturated carbocycles. The molecule has 2 aliphatic heterocycles. The summed E-state index contributed by atoms with van der Waals surface area (Å²) in [6.45, 7) is 3.26. The second-order valence-corrected chi connectivity index (χ2v) is 6.59. The Bertz CT molecular complexity index is 1030. The fourth-order valence-corrected chi connectivity index (χ4v) is 3.79. The van der Waals surface area contributed by atoms with E-state index >= 15 is 0 Å². The number of methoxy groups -OCH3 is 1. The van der Waals surface area contributed by atoms with Crippen molar-refractivity contribution in [2.24, 2.45) is 5.73 Å². The zero-order chi connectivity index (χ0) is 22.8. The van der Waals surface area contributed by atoms with E-state index in [2.05, 4.69) is 5.32 Å². The number of benzene rings is 1. The molecule has 0 aliphatic carbocycles. The maximum absolute atomic E-state index is 13.4. The number of rotatable bonds is 6. The molecule has 164 valence electrons. The van der Waals surface area contributed by atoms with Gasteiger partial charge >= 0.3 is 23.9 Å². The van der Waals surface area contributed by atoms with Crippen LogP contribution in [0.3, 0.4) is 0 Å². The minimum absolute atomic E-state index is 0.0219. The number of carbonyl (C=O) groups is 4. The van der Waals surface area contributed by atoms with Crippen LogP contribution in [0, 0.1) is 0 Å². The van der Waals surface area contributed by atoms with Crippen LogP contribution in [0.15, 0.2) is 47.0 Å². The predicted molar refractivity (Wildman–Crippen MR) is 106 cm³/mol. The van der Waals surface area contributed by atoms with Crippen molar-refractivity contribution in [3.63, 3.8) is 0 Å². The number of nitrogens with two attached hydrogens (primary N) is 1. The summed E-state index contributed by atoms with van der Waals surface area (Å²) in [6, 6.07) is 6.48. The van der Waals surface area contributed by atoms with Crippen LogP contribution in [0.5, 0.6) is 0 Å². The number of nitrogens with one attached hydrogen (secondary N) is 1. The number of para-hydroxylation sites is 1. The Morgan fingerprint density at radius 3 is 2.39 bits per heavy atom. The van der Waals surface area contributed by atoms with Gasteiger partial charge in [-0.25, -0.2) is 14.4 Å². The molecule has 3 rings (SSSR count). The number of anilines is 1. The zero-order valence-electron chi connectivity index (χ0n) is 17.3. The number of ether oxygens (including phenoxy) is 4. The lowest BCUT2D eigenvalue weighted by Gasteiger charge is -2.35. The van der Waals surface area contributed by atoms with E-state index in [1.54, 1.807) is 38.1 Å². The van der Waals surface area contributed by atoms with E-state index in [1.807, 2.05) is 0 Å². The van der Waals surface area contributed by atoms with Crippen molar-refractivity contribution >= 4 is 29.6 Å². The molecule has 3 N–H and O–H groups in total. The zero-order valence-corrected chi connectivity index (χ0v) is 17.3. The molecule has 31 heavy (non-hydrogen) atoms. The molecule has 0 saturated heterocycles. The number of hydrogen-bond acceptors (Lipinski definition) is 10. The molecule has 2 heterocycles. The molecule has 0 radical (unpaired) electrons. The minimum atomic E-state index is -2.08. The third-order valence-electron chi connectivity index (χ3n) is 4.90. The highest BCUT2D eigenvalue weighted by Crippen LogP contribution is 2.53. The number of esters is 4. The largest absolute Gasteiger partial charge is 0.466 e. The minimum Gasteiger partial charge on any atom is -0.466 e. The summed E-state index contributed by atoms with van der Waals surface area (Å²) in [7, 11) is 1.12. The van der Waals surface area contributed by atoms with Gasteiger partial charge in [-0.1, -0.05) is 18.2 Å². The van der Waals surface area contributed by atoms with E-state index in [0.29, 0.717) is 5.69 Å².